The van der Waals surface area contributed by atoms with Crippen LogP contribution in [0.2, 0.25) is 0 Å². The third-order valence-electron chi connectivity index (χ3n) is 3.09. The van der Waals surface area contributed by atoms with Crippen molar-refractivity contribution in [3.05, 3.63) is 42.0 Å². The zero-order valence-electron chi connectivity index (χ0n) is 11.8. The van der Waals surface area contributed by atoms with Crippen molar-refractivity contribution in [3.8, 4) is 0 Å². The summed E-state index contributed by atoms with van der Waals surface area (Å²) in [7, 11) is 0. The fraction of sp³-hybridized carbons (Fsp3) is 0.438. The first kappa shape index (κ1) is 14.8. The van der Waals surface area contributed by atoms with E-state index in [1.54, 1.807) is 0 Å². The number of ether oxygens (including phenoxy) is 2. The minimum atomic E-state index is -0.849. The molecule has 0 amide bonds. The molecule has 0 aliphatic carbocycles. The number of rotatable bonds is 4. The van der Waals surface area contributed by atoms with Crippen LogP contribution in [0.3, 0.4) is 0 Å². The predicted octanol–water partition coefficient (Wildman–Crippen LogP) is 3.08. The first-order chi connectivity index (χ1) is 9.44. The van der Waals surface area contributed by atoms with Gasteiger partial charge in [-0.25, -0.2) is 0 Å². The maximum absolute atomic E-state index is 10.8. The Bertz CT molecular complexity index is 479. The van der Waals surface area contributed by atoms with Crippen LogP contribution in [-0.4, -0.2) is 29.1 Å². The van der Waals surface area contributed by atoms with Crippen LogP contribution in [0.5, 0.6) is 0 Å². The standard InChI is InChI=1S/C16H20O4/c1-16(2)19-13(10-14(20-16)11-15(17)18)9-8-12-6-4-3-5-7-12/h3-9,13-14H,10-11H2,1-2H3,(H,17,18)/t13-,14-/m0/s1. The zero-order valence-corrected chi connectivity index (χ0v) is 11.8. The molecule has 0 bridgehead atoms. The summed E-state index contributed by atoms with van der Waals surface area (Å²) in [6.07, 6.45) is 4.06. The third kappa shape index (κ3) is 4.47. The molecular weight excluding hydrogens is 256 g/mol. The Kier molecular flexibility index (Phi) is 4.57. The number of benzene rings is 1. The second-order valence-corrected chi connectivity index (χ2v) is 5.40. The Labute approximate surface area is 119 Å². The number of carbonyl (C=O) groups is 1. The quantitative estimate of drug-likeness (QED) is 0.918. The lowest BCUT2D eigenvalue weighted by Gasteiger charge is -2.39. The van der Waals surface area contributed by atoms with E-state index >= 15 is 0 Å². The van der Waals surface area contributed by atoms with Gasteiger partial charge in [-0.2, -0.15) is 0 Å². The topological polar surface area (TPSA) is 55.8 Å². The molecule has 1 aliphatic heterocycles. The maximum atomic E-state index is 10.8. The fourth-order valence-electron chi connectivity index (χ4n) is 2.37. The lowest BCUT2D eigenvalue weighted by atomic mass is 10.0. The molecule has 4 nitrogen and oxygen atoms in total. The van der Waals surface area contributed by atoms with Crippen LogP contribution >= 0.6 is 0 Å². The number of carboxylic acid groups (broad SMARTS) is 1. The van der Waals surface area contributed by atoms with Crippen LogP contribution in [0.4, 0.5) is 0 Å². The Morgan fingerprint density at radius 1 is 1.35 bits per heavy atom. The predicted molar refractivity (Wildman–Crippen MR) is 76.2 cm³/mol. The number of hydrogen-bond donors (Lipinski definition) is 1. The van der Waals surface area contributed by atoms with Crippen molar-refractivity contribution in [3.63, 3.8) is 0 Å². The van der Waals surface area contributed by atoms with Gasteiger partial charge in [-0.15, -0.1) is 0 Å². The van der Waals surface area contributed by atoms with Gasteiger partial charge in [0.15, 0.2) is 5.79 Å². The highest BCUT2D eigenvalue weighted by Gasteiger charge is 2.35. The SMILES string of the molecule is CC1(C)O[C@H](CC(=O)O)C[C@H](C=Cc2ccccc2)O1. The third-order valence-corrected chi connectivity index (χ3v) is 3.09. The molecule has 20 heavy (non-hydrogen) atoms. The van der Waals surface area contributed by atoms with Crippen LogP contribution in [0.1, 0.15) is 32.3 Å². The van der Waals surface area contributed by atoms with E-state index in [0.29, 0.717) is 6.42 Å². The van der Waals surface area contributed by atoms with E-state index in [4.69, 9.17) is 14.6 Å². The lowest BCUT2D eigenvalue weighted by molar-refractivity contribution is -0.290. The molecular formula is C16H20O4. The van der Waals surface area contributed by atoms with Gasteiger partial charge in [-0.1, -0.05) is 42.5 Å². The summed E-state index contributed by atoms with van der Waals surface area (Å²) in [4.78, 5) is 10.8. The van der Waals surface area contributed by atoms with Gasteiger partial charge < -0.3 is 14.6 Å². The number of hydrogen-bond acceptors (Lipinski definition) is 3. The van der Waals surface area contributed by atoms with Gasteiger partial charge in [0.05, 0.1) is 18.6 Å². The molecule has 0 aromatic heterocycles. The Morgan fingerprint density at radius 3 is 2.70 bits per heavy atom. The van der Waals surface area contributed by atoms with Gasteiger partial charge in [-0.05, 0) is 19.4 Å². The van der Waals surface area contributed by atoms with Crippen LogP contribution in [-0.2, 0) is 14.3 Å². The zero-order chi connectivity index (χ0) is 14.6. The first-order valence-electron chi connectivity index (χ1n) is 6.75. The second kappa shape index (κ2) is 6.20. The molecule has 1 aromatic rings. The van der Waals surface area contributed by atoms with E-state index in [1.165, 1.54) is 0 Å². The smallest absolute Gasteiger partial charge is 0.305 e. The first-order valence-corrected chi connectivity index (χ1v) is 6.75. The molecule has 0 saturated carbocycles. The van der Waals surface area contributed by atoms with E-state index in [-0.39, 0.29) is 18.6 Å². The van der Waals surface area contributed by atoms with E-state index in [1.807, 2.05) is 56.3 Å². The average Bonchev–Trinajstić information content (AvgIpc) is 2.35. The highest BCUT2D eigenvalue weighted by molar-refractivity contribution is 5.67. The van der Waals surface area contributed by atoms with Crippen molar-refractivity contribution in [1.29, 1.82) is 0 Å². The molecule has 2 rings (SSSR count). The van der Waals surface area contributed by atoms with Crippen molar-refractivity contribution >= 4 is 12.0 Å². The molecule has 1 heterocycles. The van der Waals surface area contributed by atoms with Crippen LogP contribution < -0.4 is 0 Å². The van der Waals surface area contributed by atoms with E-state index < -0.39 is 11.8 Å². The molecule has 1 N–H and O–H groups in total. The molecule has 0 unspecified atom stereocenters. The number of carboxylic acids is 1. The molecule has 1 saturated heterocycles. The molecule has 0 radical (unpaired) electrons. The minimum absolute atomic E-state index is 0.00245. The van der Waals surface area contributed by atoms with Gasteiger partial charge in [-0.3, -0.25) is 4.79 Å². The maximum Gasteiger partial charge on any atom is 0.305 e. The number of aliphatic carboxylic acids is 1. The molecule has 108 valence electrons. The van der Waals surface area contributed by atoms with Crippen molar-refractivity contribution < 1.29 is 19.4 Å². The summed E-state index contributed by atoms with van der Waals surface area (Å²) in [5.41, 5.74) is 1.09. The van der Waals surface area contributed by atoms with Crippen molar-refractivity contribution in [2.24, 2.45) is 0 Å². The van der Waals surface area contributed by atoms with E-state index in [0.717, 1.165) is 5.56 Å². The van der Waals surface area contributed by atoms with Crippen LogP contribution in [0.15, 0.2) is 36.4 Å². The largest absolute Gasteiger partial charge is 0.481 e. The van der Waals surface area contributed by atoms with Crippen molar-refractivity contribution in [2.75, 3.05) is 0 Å². The highest BCUT2D eigenvalue weighted by atomic mass is 16.7. The molecule has 2 atom stereocenters. The van der Waals surface area contributed by atoms with Gasteiger partial charge in [0.25, 0.3) is 0 Å². The summed E-state index contributed by atoms with van der Waals surface area (Å²) in [5.74, 6) is -1.61. The molecule has 1 fully saturated rings. The lowest BCUT2D eigenvalue weighted by Crippen LogP contribution is -2.44. The minimum Gasteiger partial charge on any atom is -0.481 e. The average molecular weight is 276 g/mol. The summed E-state index contributed by atoms with van der Waals surface area (Å²) < 4.78 is 11.4. The van der Waals surface area contributed by atoms with E-state index in [9.17, 15) is 4.79 Å². The molecule has 0 spiro atoms. The monoisotopic (exact) mass is 276 g/mol. The van der Waals surface area contributed by atoms with Crippen LogP contribution in [0, 0.1) is 0 Å². The Morgan fingerprint density at radius 2 is 2.05 bits per heavy atom. The molecule has 1 aliphatic rings. The summed E-state index contributed by atoms with van der Waals surface area (Å²) >= 11 is 0. The Hall–Kier alpha value is -1.65. The van der Waals surface area contributed by atoms with Crippen LogP contribution in [0.25, 0.3) is 6.08 Å². The van der Waals surface area contributed by atoms with Gasteiger partial charge in [0.1, 0.15) is 0 Å². The normalized spacial score (nSPS) is 25.7. The fourth-order valence-corrected chi connectivity index (χ4v) is 2.37. The van der Waals surface area contributed by atoms with Gasteiger partial charge in [0, 0.05) is 6.42 Å². The van der Waals surface area contributed by atoms with E-state index in [2.05, 4.69) is 0 Å². The summed E-state index contributed by atoms with van der Waals surface area (Å²) in [6.45, 7) is 3.62. The Balaban J connectivity index is 2.03. The highest BCUT2D eigenvalue weighted by Crippen LogP contribution is 2.29. The second-order valence-electron chi connectivity index (χ2n) is 5.40. The molecule has 1 aromatic carbocycles. The van der Waals surface area contributed by atoms with Crippen molar-refractivity contribution in [2.45, 2.75) is 44.7 Å². The van der Waals surface area contributed by atoms with Gasteiger partial charge in [0.2, 0.25) is 0 Å². The van der Waals surface area contributed by atoms with Gasteiger partial charge >= 0.3 is 5.97 Å². The summed E-state index contributed by atoms with van der Waals surface area (Å²) in [6, 6.07) is 9.93. The van der Waals surface area contributed by atoms with Crippen molar-refractivity contribution in [1.82, 2.24) is 0 Å². The molecule has 4 heteroatoms. The summed E-state index contributed by atoms with van der Waals surface area (Å²) in [5, 5.41) is 8.89.